The van der Waals surface area contributed by atoms with E-state index in [1.54, 1.807) is 0 Å². The van der Waals surface area contributed by atoms with Crippen molar-refractivity contribution in [1.82, 2.24) is 24.8 Å². The SMILES string of the molecule is Cc1ccc(C(C)NC(=O)CN2CCC(c3nnc4ccccn34)CC2)cc1C. The van der Waals surface area contributed by atoms with Gasteiger partial charge in [-0.15, -0.1) is 10.2 Å². The minimum atomic E-state index is 0.0155. The molecule has 2 aromatic heterocycles. The minimum absolute atomic E-state index is 0.0155. The van der Waals surface area contributed by atoms with E-state index < -0.39 is 0 Å². The lowest BCUT2D eigenvalue weighted by Crippen LogP contribution is -2.42. The highest BCUT2D eigenvalue weighted by Crippen LogP contribution is 2.27. The van der Waals surface area contributed by atoms with Gasteiger partial charge in [0.05, 0.1) is 12.6 Å². The number of carbonyl (C=O) groups excluding carboxylic acids is 1. The highest BCUT2D eigenvalue weighted by molar-refractivity contribution is 5.78. The number of fused-ring (bicyclic) bond motifs is 1. The smallest absolute Gasteiger partial charge is 0.234 e. The maximum atomic E-state index is 12.6. The van der Waals surface area contributed by atoms with Crippen molar-refractivity contribution in [2.75, 3.05) is 19.6 Å². The van der Waals surface area contributed by atoms with Crippen LogP contribution in [-0.4, -0.2) is 45.0 Å². The summed E-state index contributed by atoms with van der Waals surface area (Å²) in [5.74, 6) is 1.51. The van der Waals surface area contributed by atoms with Gasteiger partial charge in [-0.05, 0) is 75.5 Å². The molecule has 0 saturated carbocycles. The maximum Gasteiger partial charge on any atom is 0.234 e. The summed E-state index contributed by atoms with van der Waals surface area (Å²) < 4.78 is 2.08. The number of aromatic nitrogens is 3. The summed E-state index contributed by atoms with van der Waals surface area (Å²) in [7, 11) is 0. The van der Waals surface area contributed by atoms with Gasteiger partial charge in [0.2, 0.25) is 5.91 Å². The molecule has 0 radical (unpaired) electrons. The third-order valence-electron chi connectivity index (χ3n) is 6.07. The summed E-state index contributed by atoms with van der Waals surface area (Å²) in [6, 6.07) is 12.4. The zero-order valence-corrected chi connectivity index (χ0v) is 17.4. The zero-order chi connectivity index (χ0) is 20.4. The lowest BCUT2D eigenvalue weighted by atomic mass is 9.96. The van der Waals surface area contributed by atoms with E-state index >= 15 is 0 Å². The predicted octanol–water partition coefficient (Wildman–Crippen LogP) is 3.40. The van der Waals surface area contributed by atoms with Crippen LogP contribution in [0.3, 0.4) is 0 Å². The molecule has 3 aromatic rings. The fraction of sp³-hybridized carbons (Fsp3) is 0.435. The first-order chi connectivity index (χ1) is 14.0. The largest absolute Gasteiger partial charge is 0.348 e. The molecule has 1 saturated heterocycles. The molecule has 6 nitrogen and oxygen atoms in total. The molecule has 1 atom stereocenters. The summed E-state index contributed by atoms with van der Waals surface area (Å²) in [5, 5.41) is 11.8. The van der Waals surface area contributed by atoms with Gasteiger partial charge in [-0.2, -0.15) is 0 Å². The van der Waals surface area contributed by atoms with Crippen LogP contribution in [0.1, 0.15) is 54.2 Å². The van der Waals surface area contributed by atoms with Crippen LogP contribution >= 0.6 is 0 Å². The molecule has 1 aliphatic rings. The molecule has 1 amide bonds. The van der Waals surface area contributed by atoms with E-state index in [-0.39, 0.29) is 11.9 Å². The number of pyridine rings is 1. The second kappa shape index (κ2) is 8.33. The normalized spacial score (nSPS) is 16.8. The van der Waals surface area contributed by atoms with E-state index in [4.69, 9.17) is 0 Å². The molecule has 0 bridgehead atoms. The number of nitrogens with one attached hydrogen (secondary N) is 1. The Bertz CT molecular complexity index is 1000. The van der Waals surface area contributed by atoms with E-state index in [1.165, 1.54) is 11.1 Å². The third kappa shape index (κ3) is 4.32. The van der Waals surface area contributed by atoms with Crippen LogP contribution < -0.4 is 5.32 Å². The lowest BCUT2D eigenvalue weighted by molar-refractivity contribution is -0.123. The van der Waals surface area contributed by atoms with Crippen molar-refractivity contribution >= 4 is 11.6 Å². The Morgan fingerprint density at radius 3 is 2.69 bits per heavy atom. The molecule has 3 heterocycles. The number of amides is 1. The highest BCUT2D eigenvalue weighted by atomic mass is 16.2. The van der Waals surface area contributed by atoms with Crippen LogP contribution in [0.15, 0.2) is 42.6 Å². The van der Waals surface area contributed by atoms with E-state index in [1.807, 2.05) is 31.3 Å². The van der Waals surface area contributed by atoms with E-state index in [0.717, 1.165) is 43.0 Å². The number of nitrogens with zero attached hydrogens (tertiary/aromatic N) is 4. The molecule has 152 valence electrons. The fourth-order valence-corrected chi connectivity index (χ4v) is 4.10. The Hall–Kier alpha value is -2.73. The van der Waals surface area contributed by atoms with Gasteiger partial charge >= 0.3 is 0 Å². The molecule has 6 heteroatoms. The van der Waals surface area contributed by atoms with Crippen LogP contribution in [0.5, 0.6) is 0 Å². The molecular formula is C23H29N5O. The van der Waals surface area contributed by atoms with Gasteiger partial charge in [0, 0.05) is 12.1 Å². The van der Waals surface area contributed by atoms with Gasteiger partial charge in [0.15, 0.2) is 5.65 Å². The number of piperidine rings is 1. The summed E-state index contributed by atoms with van der Waals surface area (Å²) in [6.45, 7) is 8.51. The minimum Gasteiger partial charge on any atom is -0.348 e. The van der Waals surface area contributed by atoms with Crippen molar-refractivity contribution in [2.24, 2.45) is 0 Å². The number of hydrogen-bond acceptors (Lipinski definition) is 4. The van der Waals surface area contributed by atoms with E-state index in [2.05, 4.69) is 56.9 Å². The number of rotatable bonds is 5. The fourth-order valence-electron chi connectivity index (χ4n) is 4.10. The first-order valence-corrected chi connectivity index (χ1v) is 10.4. The van der Waals surface area contributed by atoms with Crippen LogP contribution in [0.2, 0.25) is 0 Å². The van der Waals surface area contributed by atoms with Gasteiger partial charge in [-0.3, -0.25) is 14.1 Å². The molecule has 1 N–H and O–H groups in total. The van der Waals surface area contributed by atoms with Crippen molar-refractivity contribution in [3.8, 4) is 0 Å². The molecular weight excluding hydrogens is 362 g/mol. The van der Waals surface area contributed by atoms with Crippen LogP contribution in [0.25, 0.3) is 5.65 Å². The summed E-state index contributed by atoms with van der Waals surface area (Å²) in [5.41, 5.74) is 4.57. The molecule has 1 fully saturated rings. The molecule has 0 spiro atoms. The Labute approximate surface area is 171 Å². The molecule has 4 rings (SSSR count). The average molecular weight is 392 g/mol. The highest BCUT2D eigenvalue weighted by Gasteiger charge is 2.25. The molecule has 1 aliphatic heterocycles. The second-order valence-corrected chi connectivity index (χ2v) is 8.17. The Morgan fingerprint density at radius 2 is 1.93 bits per heavy atom. The van der Waals surface area contributed by atoms with Gasteiger partial charge in [-0.1, -0.05) is 24.3 Å². The second-order valence-electron chi connectivity index (χ2n) is 8.17. The van der Waals surface area contributed by atoms with Crippen LogP contribution in [-0.2, 0) is 4.79 Å². The number of aryl methyl sites for hydroxylation is 2. The first kappa shape index (κ1) is 19.6. The summed E-state index contributed by atoms with van der Waals surface area (Å²) in [4.78, 5) is 14.8. The zero-order valence-electron chi connectivity index (χ0n) is 17.4. The third-order valence-corrected chi connectivity index (χ3v) is 6.07. The van der Waals surface area contributed by atoms with Crippen molar-refractivity contribution in [3.63, 3.8) is 0 Å². The Balaban J connectivity index is 1.30. The van der Waals surface area contributed by atoms with Crippen molar-refractivity contribution in [3.05, 3.63) is 65.1 Å². The predicted molar refractivity (Wildman–Crippen MR) is 114 cm³/mol. The molecule has 0 aliphatic carbocycles. The number of carbonyl (C=O) groups is 1. The molecule has 29 heavy (non-hydrogen) atoms. The van der Waals surface area contributed by atoms with Gasteiger partial charge in [0.25, 0.3) is 0 Å². The van der Waals surface area contributed by atoms with Crippen LogP contribution in [0, 0.1) is 13.8 Å². The van der Waals surface area contributed by atoms with E-state index in [9.17, 15) is 4.79 Å². The average Bonchev–Trinajstić information content (AvgIpc) is 3.14. The van der Waals surface area contributed by atoms with Gasteiger partial charge in [-0.25, -0.2) is 0 Å². The van der Waals surface area contributed by atoms with Gasteiger partial charge < -0.3 is 5.32 Å². The number of likely N-dealkylation sites (tertiary alicyclic amines) is 1. The number of benzene rings is 1. The van der Waals surface area contributed by atoms with Crippen LogP contribution in [0.4, 0.5) is 0 Å². The van der Waals surface area contributed by atoms with Crippen molar-refractivity contribution in [2.45, 2.75) is 45.6 Å². The Kier molecular flexibility index (Phi) is 5.62. The van der Waals surface area contributed by atoms with Crippen molar-refractivity contribution in [1.29, 1.82) is 0 Å². The quantitative estimate of drug-likeness (QED) is 0.724. The molecule has 1 unspecified atom stereocenters. The number of hydrogen-bond donors (Lipinski definition) is 1. The summed E-state index contributed by atoms with van der Waals surface area (Å²) >= 11 is 0. The van der Waals surface area contributed by atoms with Crippen molar-refractivity contribution < 1.29 is 4.79 Å². The van der Waals surface area contributed by atoms with E-state index in [0.29, 0.717) is 12.5 Å². The summed E-state index contributed by atoms with van der Waals surface area (Å²) in [6.07, 6.45) is 4.02. The first-order valence-electron chi connectivity index (χ1n) is 10.4. The monoisotopic (exact) mass is 391 g/mol. The molecule has 1 aromatic carbocycles. The Morgan fingerprint density at radius 1 is 1.14 bits per heavy atom. The maximum absolute atomic E-state index is 12.6. The van der Waals surface area contributed by atoms with Gasteiger partial charge in [0.1, 0.15) is 5.82 Å². The standard InChI is InChI=1S/C23H29N5O/c1-16-7-8-20(14-17(16)2)18(3)24-22(29)15-27-12-9-19(10-13-27)23-26-25-21-6-4-5-11-28(21)23/h4-8,11,14,18-19H,9-10,12-13,15H2,1-3H3,(H,24,29). The lowest BCUT2D eigenvalue weighted by Gasteiger charge is -2.31. The topological polar surface area (TPSA) is 62.5 Å².